The Kier molecular flexibility index (Phi) is 7.23. The van der Waals surface area contributed by atoms with Gasteiger partial charge >= 0.3 is 6.03 Å². The van der Waals surface area contributed by atoms with E-state index in [-0.39, 0.29) is 6.03 Å². The first-order valence-electron chi connectivity index (χ1n) is 7.70. The first-order chi connectivity index (χ1) is 11.7. The Morgan fingerprint density at radius 2 is 1.58 bits per heavy atom. The van der Waals surface area contributed by atoms with E-state index < -0.39 is 0 Å². The van der Waals surface area contributed by atoms with E-state index in [0.717, 1.165) is 23.5 Å². The number of nitrogens with one attached hydrogen (secondary N) is 2. The number of halogens is 1. The fourth-order valence-electron chi connectivity index (χ4n) is 2.04. The number of amides is 2. The number of hydrogen-bond donors (Lipinski definition) is 2. The van der Waals surface area contributed by atoms with Crippen molar-refractivity contribution < 1.29 is 14.3 Å². The monoisotopic (exact) mass is 348 g/mol. The van der Waals surface area contributed by atoms with Crippen molar-refractivity contribution in [2.24, 2.45) is 0 Å². The predicted octanol–water partition coefficient (Wildman–Crippen LogP) is 3.27. The van der Waals surface area contributed by atoms with Crippen LogP contribution < -0.4 is 20.1 Å². The summed E-state index contributed by atoms with van der Waals surface area (Å²) < 4.78 is 10.6. The van der Waals surface area contributed by atoms with E-state index in [4.69, 9.17) is 21.1 Å². The summed E-state index contributed by atoms with van der Waals surface area (Å²) in [4.78, 5) is 11.7. The molecular weight excluding hydrogens is 328 g/mol. The van der Waals surface area contributed by atoms with Crippen molar-refractivity contribution in [1.82, 2.24) is 10.6 Å². The van der Waals surface area contributed by atoms with E-state index in [1.807, 2.05) is 48.5 Å². The molecule has 5 nitrogen and oxygen atoms in total. The van der Waals surface area contributed by atoms with Gasteiger partial charge in [-0.05, 0) is 48.4 Å². The molecule has 128 valence electrons. The van der Waals surface area contributed by atoms with Crippen LogP contribution in [0, 0.1) is 0 Å². The lowest BCUT2D eigenvalue weighted by molar-refractivity contribution is 0.236. The van der Waals surface area contributed by atoms with Gasteiger partial charge in [0.2, 0.25) is 0 Å². The molecule has 0 aromatic heterocycles. The van der Waals surface area contributed by atoms with Crippen molar-refractivity contribution in [1.29, 1.82) is 0 Å². The third-order valence-corrected chi connectivity index (χ3v) is 3.58. The molecule has 0 unspecified atom stereocenters. The minimum absolute atomic E-state index is 0.206. The van der Waals surface area contributed by atoms with Crippen molar-refractivity contribution in [3.8, 4) is 11.5 Å². The van der Waals surface area contributed by atoms with Crippen LogP contribution in [0.15, 0.2) is 48.5 Å². The summed E-state index contributed by atoms with van der Waals surface area (Å²) in [7, 11) is 1.62. The Morgan fingerprint density at radius 3 is 2.25 bits per heavy atom. The van der Waals surface area contributed by atoms with E-state index in [1.54, 1.807) is 7.11 Å². The van der Waals surface area contributed by atoms with Gasteiger partial charge in [0.1, 0.15) is 18.1 Å². The number of methoxy groups -OCH3 is 1. The lowest BCUT2D eigenvalue weighted by atomic mass is 10.1. The maximum absolute atomic E-state index is 11.7. The van der Waals surface area contributed by atoms with Crippen LogP contribution in [0.3, 0.4) is 0 Å². The summed E-state index contributed by atoms with van der Waals surface area (Å²) in [6.07, 6.45) is 0.757. The minimum atomic E-state index is -0.206. The summed E-state index contributed by atoms with van der Waals surface area (Å²) in [5.41, 5.74) is 1.13. The Bertz CT molecular complexity index is 630. The van der Waals surface area contributed by atoms with Crippen LogP contribution >= 0.6 is 11.6 Å². The van der Waals surface area contributed by atoms with Crippen LogP contribution in [0.4, 0.5) is 4.79 Å². The maximum atomic E-state index is 11.7. The zero-order chi connectivity index (χ0) is 17.2. The first kappa shape index (κ1) is 17.9. The highest BCUT2D eigenvalue weighted by atomic mass is 35.5. The van der Waals surface area contributed by atoms with Crippen molar-refractivity contribution in [2.75, 3.05) is 26.8 Å². The van der Waals surface area contributed by atoms with E-state index >= 15 is 0 Å². The summed E-state index contributed by atoms with van der Waals surface area (Å²) >= 11 is 5.83. The van der Waals surface area contributed by atoms with Crippen LogP contribution in [0.2, 0.25) is 5.02 Å². The second-order valence-corrected chi connectivity index (χ2v) is 5.52. The molecule has 0 saturated carbocycles. The van der Waals surface area contributed by atoms with Gasteiger partial charge in [-0.25, -0.2) is 4.79 Å². The molecule has 2 rings (SSSR count). The minimum Gasteiger partial charge on any atom is -0.497 e. The topological polar surface area (TPSA) is 59.6 Å². The molecule has 2 amide bonds. The molecule has 6 heteroatoms. The quantitative estimate of drug-likeness (QED) is 0.720. The van der Waals surface area contributed by atoms with Gasteiger partial charge in [0.05, 0.1) is 13.7 Å². The van der Waals surface area contributed by atoms with E-state index in [2.05, 4.69) is 10.6 Å². The summed E-state index contributed by atoms with van der Waals surface area (Å²) in [5.74, 6) is 1.52. The molecule has 0 radical (unpaired) electrons. The SMILES string of the molecule is COc1ccc(OCCNC(=O)NCCc2ccc(Cl)cc2)cc1. The van der Waals surface area contributed by atoms with Crippen molar-refractivity contribution in [3.05, 3.63) is 59.1 Å². The lowest BCUT2D eigenvalue weighted by Gasteiger charge is -2.09. The second-order valence-electron chi connectivity index (χ2n) is 5.08. The number of benzene rings is 2. The van der Waals surface area contributed by atoms with Gasteiger partial charge in [0, 0.05) is 11.6 Å². The Morgan fingerprint density at radius 1 is 0.958 bits per heavy atom. The molecular formula is C18H21ClN2O3. The predicted molar refractivity (Wildman–Crippen MR) is 95.0 cm³/mol. The average molecular weight is 349 g/mol. The van der Waals surface area contributed by atoms with Gasteiger partial charge in [0.15, 0.2) is 0 Å². The summed E-state index contributed by atoms with van der Waals surface area (Å²) in [5, 5.41) is 6.26. The standard InChI is InChI=1S/C18H21ClN2O3/c1-23-16-6-8-17(9-7-16)24-13-12-21-18(22)20-11-10-14-2-4-15(19)5-3-14/h2-9H,10-13H2,1H3,(H2,20,21,22). The van der Waals surface area contributed by atoms with Crippen LogP contribution in [-0.4, -0.2) is 32.8 Å². The molecule has 0 atom stereocenters. The van der Waals surface area contributed by atoms with Crippen LogP contribution in [0.5, 0.6) is 11.5 Å². The highest BCUT2D eigenvalue weighted by Crippen LogP contribution is 2.16. The van der Waals surface area contributed by atoms with Crippen molar-refractivity contribution in [2.45, 2.75) is 6.42 Å². The number of rotatable bonds is 8. The van der Waals surface area contributed by atoms with Crippen molar-refractivity contribution in [3.63, 3.8) is 0 Å². The average Bonchev–Trinajstić information content (AvgIpc) is 2.61. The van der Waals surface area contributed by atoms with Gasteiger partial charge in [-0.1, -0.05) is 23.7 Å². The molecule has 0 aliphatic rings. The van der Waals surface area contributed by atoms with E-state index in [0.29, 0.717) is 24.7 Å². The fraction of sp³-hybridized carbons (Fsp3) is 0.278. The largest absolute Gasteiger partial charge is 0.497 e. The van der Waals surface area contributed by atoms with Crippen molar-refractivity contribution >= 4 is 17.6 Å². The Labute approximate surface area is 146 Å². The molecule has 2 aromatic rings. The van der Waals surface area contributed by atoms with Gasteiger partial charge < -0.3 is 20.1 Å². The van der Waals surface area contributed by atoms with Crippen LogP contribution in [-0.2, 0) is 6.42 Å². The molecule has 2 aromatic carbocycles. The van der Waals surface area contributed by atoms with E-state index in [9.17, 15) is 4.79 Å². The number of hydrogen-bond acceptors (Lipinski definition) is 3. The summed E-state index contributed by atoms with van der Waals surface area (Å²) in [6, 6.07) is 14.7. The van der Waals surface area contributed by atoms with Gasteiger partial charge in [0.25, 0.3) is 0 Å². The van der Waals surface area contributed by atoms with Gasteiger partial charge in [-0.3, -0.25) is 0 Å². The van der Waals surface area contributed by atoms with Crippen LogP contribution in [0.1, 0.15) is 5.56 Å². The maximum Gasteiger partial charge on any atom is 0.314 e. The molecule has 0 saturated heterocycles. The molecule has 24 heavy (non-hydrogen) atoms. The smallest absolute Gasteiger partial charge is 0.314 e. The molecule has 2 N–H and O–H groups in total. The first-order valence-corrected chi connectivity index (χ1v) is 8.08. The Hall–Kier alpha value is -2.40. The number of ether oxygens (including phenoxy) is 2. The zero-order valence-electron chi connectivity index (χ0n) is 13.5. The molecule has 0 aliphatic carbocycles. The van der Waals surface area contributed by atoms with Gasteiger partial charge in [-0.2, -0.15) is 0 Å². The highest BCUT2D eigenvalue weighted by Gasteiger charge is 2.00. The lowest BCUT2D eigenvalue weighted by Crippen LogP contribution is -2.38. The number of urea groups is 1. The normalized spacial score (nSPS) is 10.1. The number of carbonyl (C=O) groups is 1. The highest BCUT2D eigenvalue weighted by molar-refractivity contribution is 6.30. The molecule has 0 heterocycles. The van der Waals surface area contributed by atoms with E-state index in [1.165, 1.54) is 0 Å². The zero-order valence-corrected chi connectivity index (χ0v) is 14.3. The van der Waals surface area contributed by atoms with Gasteiger partial charge in [-0.15, -0.1) is 0 Å². The second kappa shape index (κ2) is 9.67. The summed E-state index contributed by atoms with van der Waals surface area (Å²) in [6.45, 7) is 1.39. The third-order valence-electron chi connectivity index (χ3n) is 3.33. The molecule has 0 bridgehead atoms. The van der Waals surface area contributed by atoms with Crippen LogP contribution in [0.25, 0.3) is 0 Å². The fourth-order valence-corrected chi connectivity index (χ4v) is 2.17. The molecule has 0 aliphatic heterocycles. The Balaban J connectivity index is 1.56. The number of carbonyl (C=O) groups excluding carboxylic acids is 1. The third kappa shape index (κ3) is 6.38. The molecule has 0 fully saturated rings. The molecule has 0 spiro atoms.